The van der Waals surface area contributed by atoms with Crippen LogP contribution in [0.25, 0.3) is 0 Å². The van der Waals surface area contributed by atoms with E-state index in [0.29, 0.717) is 11.8 Å². The van der Waals surface area contributed by atoms with E-state index in [1.54, 1.807) is 6.33 Å². The number of nitrogens with zero attached hydrogens (tertiary/aromatic N) is 4. The van der Waals surface area contributed by atoms with Crippen molar-refractivity contribution in [2.24, 2.45) is 13.0 Å². The van der Waals surface area contributed by atoms with Gasteiger partial charge in [0, 0.05) is 25.4 Å². The second-order valence-electron chi connectivity index (χ2n) is 5.86. The SMILES string of the molecule is Cn1cnnc1CN1CCCCC1C1CCCC1=O. The van der Waals surface area contributed by atoms with Crippen molar-refractivity contribution in [2.75, 3.05) is 6.54 Å². The van der Waals surface area contributed by atoms with Crippen LogP contribution < -0.4 is 0 Å². The number of ketones is 1. The summed E-state index contributed by atoms with van der Waals surface area (Å²) in [5.41, 5.74) is 0. The molecule has 0 spiro atoms. The van der Waals surface area contributed by atoms with Gasteiger partial charge in [-0.25, -0.2) is 0 Å². The third-order valence-electron chi connectivity index (χ3n) is 4.63. The highest BCUT2D eigenvalue weighted by Gasteiger charge is 2.36. The second kappa shape index (κ2) is 5.41. The number of hydrogen-bond acceptors (Lipinski definition) is 4. The molecular formula is C14H22N4O. The van der Waals surface area contributed by atoms with Crippen LogP contribution in [0.2, 0.25) is 0 Å². The van der Waals surface area contributed by atoms with Gasteiger partial charge in [0.15, 0.2) is 0 Å². The standard InChI is InChI=1S/C14H22N4O/c1-17-10-15-16-14(17)9-18-8-3-2-6-12(18)11-5-4-7-13(11)19/h10-12H,2-9H2,1H3. The molecule has 2 fully saturated rings. The minimum atomic E-state index is 0.272. The van der Waals surface area contributed by atoms with Gasteiger partial charge in [0.2, 0.25) is 0 Å². The Morgan fingerprint density at radius 3 is 2.89 bits per heavy atom. The Labute approximate surface area is 114 Å². The fourth-order valence-corrected chi connectivity index (χ4v) is 3.55. The minimum absolute atomic E-state index is 0.272. The number of aromatic nitrogens is 3. The van der Waals surface area contributed by atoms with Gasteiger partial charge in [0.25, 0.3) is 0 Å². The maximum atomic E-state index is 12.0. The fourth-order valence-electron chi connectivity index (χ4n) is 3.55. The molecule has 1 saturated carbocycles. The lowest BCUT2D eigenvalue weighted by molar-refractivity contribution is -0.123. The van der Waals surface area contributed by atoms with Gasteiger partial charge in [-0.15, -0.1) is 10.2 Å². The molecule has 104 valence electrons. The highest BCUT2D eigenvalue weighted by molar-refractivity contribution is 5.83. The highest BCUT2D eigenvalue weighted by Crippen LogP contribution is 2.33. The number of rotatable bonds is 3. The van der Waals surface area contributed by atoms with Crippen LogP contribution in [0.4, 0.5) is 0 Å². The lowest BCUT2D eigenvalue weighted by atomic mass is 9.88. The zero-order valence-electron chi connectivity index (χ0n) is 11.6. The quantitative estimate of drug-likeness (QED) is 0.829. The van der Waals surface area contributed by atoms with Crippen molar-refractivity contribution in [1.29, 1.82) is 0 Å². The number of hydrogen-bond donors (Lipinski definition) is 0. The first kappa shape index (κ1) is 12.8. The van der Waals surface area contributed by atoms with Crippen molar-refractivity contribution in [3.8, 4) is 0 Å². The molecule has 0 amide bonds. The van der Waals surface area contributed by atoms with Crippen LogP contribution in [0.5, 0.6) is 0 Å². The van der Waals surface area contributed by atoms with Gasteiger partial charge >= 0.3 is 0 Å². The van der Waals surface area contributed by atoms with E-state index in [9.17, 15) is 4.79 Å². The smallest absolute Gasteiger partial charge is 0.146 e. The molecule has 0 bridgehead atoms. The summed E-state index contributed by atoms with van der Waals surface area (Å²) < 4.78 is 1.97. The number of likely N-dealkylation sites (tertiary alicyclic amines) is 1. The fraction of sp³-hybridized carbons (Fsp3) is 0.786. The lowest BCUT2D eigenvalue weighted by Gasteiger charge is -2.38. The van der Waals surface area contributed by atoms with E-state index in [0.717, 1.165) is 44.6 Å². The molecule has 1 aromatic heterocycles. The molecule has 1 aromatic rings. The first-order chi connectivity index (χ1) is 9.25. The van der Waals surface area contributed by atoms with Gasteiger partial charge in [0.1, 0.15) is 17.9 Å². The molecule has 1 aliphatic heterocycles. The van der Waals surface area contributed by atoms with Gasteiger partial charge in [-0.05, 0) is 32.2 Å². The largest absolute Gasteiger partial charge is 0.320 e. The van der Waals surface area contributed by atoms with Gasteiger partial charge in [-0.1, -0.05) is 6.42 Å². The average molecular weight is 262 g/mol. The van der Waals surface area contributed by atoms with Crippen molar-refractivity contribution in [1.82, 2.24) is 19.7 Å². The topological polar surface area (TPSA) is 51.0 Å². The van der Waals surface area contributed by atoms with Crippen LogP contribution >= 0.6 is 0 Å². The Bertz CT molecular complexity index is 456. The number of piperidine rings is 1. The monoisotopic (exact) mass is 262 g/mol. The molecule has 0 N–H and O–H groups in total. The van der Waals surface area contributed by atoms with Crippen molar-refractivity contribution < 1.29 is 4.79 Å². The third kappa shape index (κ3) is 2.56. The van der Waals surface area contributed by atoms with E-state index in [-0.39, 0.29) is 5.92 Å². The van der Waals surface area contributed by atoms with Gasteiger partial charge in [0.05, 0.1) is 6.54 Å². The van der Waals surface area contributed by atoms with Gasteiger partial charge in [-0.3, -0.25) is 9.69 Å². The van der Waals surface area contributed by atoms with E-state index in [1.165, 1.54) is 12.8 Å². The molecule has 0 radical (unpaired) electrons. The predicted octanol–water partition coefficient (Wildman–Crippen LogP) is 1.54. The number of aryl methyl sites for hydroxylation is 1. The summed E-state index contributed by atoms with van der Waals surface area (Å²) in [6.07, 6.45) is 8.35. The molecule has 2 unspecified atom stereocenters. The average Bonchev–Trinajstić information content (AvgIpc) is 3.00. The summed E-state index contributed by atoms with van der Waals surface area (Å²) in [7, 11) is 1.98. The lowest BCUT2D eigenvalue weighted by Crippen LogP contribution is -2.45. The van der Waals surface area contributed by atoms with Crippen LogP contribution in [-0.2, 0) is 18.4 Å². The summed E-state index contributed by atoms with van der Waals surface area (Å²) in [5.74, 6) is 1.75. The van der Waals surface area contributed by atoms with E-state index in [1.807, 2.05) is 11.6 Å². The Balaban J connectivity index is 1.74. The molecule has 0 aromatic carbocycles. The van der Waals surface area contributed by atoms with E-state index in [2.05, 4.69) is 15.1 Å². The molecule has 2 atom stereocenters. The van der Waals surface area contributed by atoms with Crippen LogP contribution in [0, 0.1) is 5.92 Å². The molecule has 3 rings (SSSR count). The highest BCUT2D eigenvalue weighted by atomic mass is 16.1. The van der Waals surface area contributed by atoms with E-state index >= 15 is 0 Å². The maximum Gasteiger partial charge on any atom is 0.146 e. The maximum absolute atomic E-state index is 12.0. The van der Waals surface area contributed by atoms with Gasteiger partial charge < -0.3 is 4.57 Å². The first-order valence-corrected chi connectivity index (χ1v) is 7.35. The summed E-state index contributed by atoms with van der Waals surface area (Å²) in [4.78, 5) is 14.5. The van der Waals surface area contributed by atoms with Crippen molar-refractivity contribution in [2.45, 2.75) is 51.1 Å². The third-order valence-corrected chi connectivity index (χ3v) is 4.63. The normalized spacial score (nSPS) is 29.0. The number of Topliss-reactive ketones (excluding diaryl/α,β-unsaturated/α-hetero) is 1. The molecule has 1 aliphatic carbocycles. The van der Waals surface area contributed by atoms with Crippen molar-refractivity contribution >= 4 is 5.78 Å². The Morgan fingerprint density at radius 2 is 2.21 bits per heavy atom. The van der Waals surface area contributed by atoms with Crippen molar-refractivity contribution in [3.63, 3.8) is 0 Å². The summed E-state index contributed by atoms with van der Waals surface area (Å²) >= 11 is 0. The van der Waals surface area contributed by atoms with Crippen LogP contribution in [0.1, 0.15) is 44.3 Å². The summed E-state index contributed by atoms with van der Waals surface area (Å²) in [6, 6.07) is 0.431. The molecule has 2 aliphatic rings. The molecular weight excluding hydrogens is 240 g/mol. The second-order valence-corrected chi connectivity index (χ2v) is 5.86. The summed E-state index contributed by atoms with van der Waals surface area (Å²) in [6.45, 7) is 1.91. The molecule has 5 heteroatoms. The zero-order valence-corrected chi connectivity index (χ0v) is 11.6. The summed E-state index contributed by atoms with van der Waals surface area (Å²) in [5, 5.41) is 8.12. The van der Waals surface area contributed by atoms with Gasteiger partial charge in [-0.2, -0.15) is 0 Å². The van der Waals surface area contributed by atoms with Crippen LogP contribution in [0.3, 0.4) is 0 Å². The molecule has 19 heavy (non-hydrogen) atoms. The molecule has 5 nitrogen and oxygen atoms in total. The Morgan fingerprint density at radius 1 is 1.32 bits per heavy atom. The Kier molecular flexibility index (Phi) is 3.64. The van der Waals surface area contributed by atoms with Crippen LogP contribution in [0.15, 0.2) is 6.33 Å². The first-order valence-electron chi connectivity index (χ1n) is 7.35. The number of carbonyl (C=O) groups is 1. The molecule has 1 saturated heterocycles. The number of carbonyl (C=O) groups excluding carboxylic acids is 1. The van der Waals surface area contributed by atoms with Crippen LogP contribution in [-0.4, -0.2) is 38.0 Å². The molecule has 2 heterocycles. The zero-order chi connectivity index (χ0) is 13.2. The predicted molar refractivity (Wildman–Crippen MR) is 71.4 cm³/mol. The van der Waals surface area contributed by atoms with E-state index in [4.69, 9.17) is 0 Å². The Hall–Kier alpha value is -1.23. The van der Waals surface area contributed by atoms with E-state index < -0.39 is 0 Å². The van der Waals surface area contributed by atoms with Crippen molar-refractivity contribution in [3.05, 3.63) is 12.2 Å². The minimum Gasteiger partial charge on any atom is -0.320 e.